The van der Waals surface area contributed by atoms with E-state index in [0.717, 1.165) is 13.0 Å². The summed E-state index contributed by atoms with van der Waals surface area (Å²) in [5, 5.41) is 12.9. The normalized spacial score (nSPS) is 13.2. The molecule has 88 valence electrons. The highest BCUT2D eigenvalue weighted by Crippen LogP contribution is 2.12. The van der Waals surface area contributed by atoms with Crippen LogP contribution in [0.3, 0.4) is 0 Å². The molecule has 3 heteroatoms. The molecule has 0 saturated carbocycles. The minimum Gasteiger partial charge on any atom is -0.387 e. The molecule has 0 spiro atoms. The molecule has 0 radical (unpaired) electrons. The van der Waals surface area contributed by atoms with E-state index >= 15 is 0 Å². The summed E-state index contributed by atoms with van der Waals surface area (Å²) in [5.41, 5.74) is 0.610. The van der Waals surface area contributed by atoms with Gasteiger partial charge in [-0.3, -0.25) is 0 Å². The molecule has 1 aromatic carbocycles. The Kier molecular flexibility index (Phi) is 5.75. The largest absolute Gasteiger partial charge is 0.387 e. The molecule has 0 bridgehead atoms. The second-order valence-electron chi connectivity index (χ2n) is 3.63. The van der Waals surface area contributed by atoms with Gasteiger partial charge in [0.25, 0.3) is 0 Å². The lowest BCUT2D eigenvalue weighted by atomic mass is 10.1. The quantitative estimate of drug-likeness (QED) is 0.573. The van der Waals surface area contributed by atoms with Crippen molar-refractivity contribution < 1.29 is 9.50 Å². The number of hydrogen-bond donors (Lipinski definition) is 2. The molecule has 1 rings (SSSR count). The van der Waals surface area contributed by atoms with E-state index in [1.807, 2.05) is 13.0 Å². The molecule has 1 aromatic rings. The average molecular weight is 223 g/mol. The summed E-state index contributed by atoms with van der Waals surface area (Å²) in [4.78, 5) is 0. The van der Waals surface area contributed by atoms with Crippen molar-refractivity contribution in [3.8, 4) is 0 Å². The Labute approximate surface area is 95.8 Å². The molecule has 0 aliphatic rings. The number of hydrogen-bond acceptors (Lipinski definition) is 2. The molecule has 1 atom stereocenters. The van der Waals surface area contributed by atoms with Gasteiger partial charge in [0.1, 0.15) is 5.82 Å². The van der Waals surface area contributed by atoms with Crippen molar-refractivity contribution in [2.75, 3.05) is 13.1 Å². The Hall–Kier alpha value is -1.19. The molecule has 1 unspecified atom stereocenters. The molecule has 0 heterocycles. The highest BCUT2D eigenvalue weighted by Gasteiger charge is 2.06. The number of rotatable bonds is 6. The highest BCUT2D eigenvalue weighted by molar-refractivity contribution is 5.18. The van der Waals surface area contributed by atoms with Crippen LogP contribution in [0.5, 0.6) is 0 Å². The average Bonchev–Trinajstić information content (AvgIpc) is 2.28. The fraction of sp³-hybridized carbons (Fsp3) is 0.385. The van der Waals surface area contributed by atoms with E-state index < -0.39 is 6.10 Å². The number of benzene rings is 1. The minimum atomic E-state index is -0.652. The zero-order chi connectivity index (χ0) is 11.8. The number of allylic oxidation sites excluding steroid dienone is 1. The van der Waals surface area contributed by atoms with Crippen molar-refractivity contribution in [2.45, 2.75) is 19.4 Å². The maximum atomic E-state index is 12.9. The first-order valence-electron chi connectivity index (χ1n) is 5.49. The standard InChI is InChI=1S/C13H18FNO/c1-2-3-4-8-15-10-13(16)11-6-5-7-12(14)9-11/h2-3,5-7,9,13,15-16H,4,8,10H2,1H3/b3-2+. The van der Waals surface area contributed by atoms with E-state index in [-0.39, 0.29) is 5.82 Å². The number of halogens is 1. The summed E-state index contributed by atoms with van der Waals surface area (Å²) < 4.78 is 12.9. The monoisotopic (exact) mass is 223 g/mol. The summed E-state index contributed by atoms with van der Waals surface area (Å²) >= 11 is 0. The summed E-state index contributed by atoms with van der Waals surface area (Å²) in [6, 6.07) is 6.06. The first kappa shape index (κ1) is 12.9. The molecule has 0 aromatic heterocycles. The van der Waals surface area contributed by atoms with Crippen LogP contribution in [-0.4, -0.2) is 18.2 Å². The number of aliphatic hydroxyl groups is 1. The molecule has 0 fully saturated rings. The fourth-order valence-corrected chi connectivity index (χ4v) is 1.42. The van der Waals surface area contributed by atoms with E-state index in [1.165, 1.54) is 12.1 Å². The van der Waals surface area contributed by atoms with E-state index in [4.69, 9.17) is 0 Å². The second-order valence-corrected chi connectivity index (χ2v) is 3.63. The van der Waals surface area contributed by atoms with Crippen LogP contribution in [0.15, 0.2) is 36.4 Å². The van der Waals surface area contributed by atoms with Crippen molar-refractivity contribution in [1.82, 2.24) is 5.32 Å². The van der Waals surface area contributed by atoms with Gasteiger partial charge < -0.3 is 10.4 Å². The minimum absolute atomic E-state index is 0.314. The SMILES string of the molecule is C/C=C/CCNCC(O)c1cccc(F)c1. The third-order valence-electron chi connectivity index (χ3n) is 2.29. The Morgan fingerprint density at radius 2 is 2.31 bits per heavy atom. The molecular weight excluding hydrogens is 205 g/mol. The molecule has 0 aliphatic heterocycles. The lowest BCUT2D eigenvalue weighted by molar-refractivity contribution is 0.175. The maximum Gasteiger partial charge on any atom is 0.123 e. The smallest absolute Gasteiger partial charge is 0.123 e. The lowest BCUT2D eigenvalue weighted by Crippen LogP contribution is -2.22. The van der Waals surface area contributed by atoms with Crippen LogP contribution in [0.1, 0.15) is 25.0 Å². The summed E-state index contributed by atoms with van der Waals surface area (Å²) in [6.45, 7) is 3.24. The lowest BCUT2D eigenvalue weighted by Gasteiger charge is -2.11. The van der Waals surface area contributed by atoms with Crippen LogP contribution in [-0.2, 0) is 0 Å². The van der Waals surface area contributed by atoms with Crippen molar-refractivity contribution in [1.29, 1.82) is 0 Å². The third-order valence-corrected chi connectivity index (χ3v) is 2.29. The second kappa shape index (κ2) is 7.14. The van der Waals surface area contributed by atoms with Crippen molar-refractivity contribution in [2.24, 2.45) is 0 Å². The van der Waals surface area contributed by atoms with Gasteiger partial charge in [-0.15, -0.1) is 0 Å². The van der Waals surface area contributed by atoms with Gasteiger partial charge in [-0.25, -0.2) is 4.39 Å². The zero-order valence-electron chi connectivity index (χ0n) is 9.49. The summed E-state index contributed by atoms with van der Waals surface area (Å²) in [5.74, 6) is -0.314. The topological polar surface area (TPSA) is 32.3 Å². The number of aliphatic hydroxyl groups excluding tert-OH is 1. The fourth-order valence-electron chi connectivity index (χ4n) is 1.42. The molecule has 0 saturated heterocycles. The molecule has 0 aliphatic carbocycles. The van der Waals surface area contributed by atoms with Crippen LogP contribution in [0.2, 0.25) is 0 Å². The zero-order valence-corrected chi connectivity index (χ0v) is 9.49. The van der Waals surface area contributed by atoms with Gasteiger partial charge in [-0.05, 0) is 37.6 Å². The first-order chi connectivity index (χ1) is 7.74. The number of nitrogens with one attached hydrogen (secondary N) is 1. The van der Waals surface area contributed by atoms with E-state index in [2.05, 4.69) is 11.4 Å². The summed E-state index contributed by atoms with van der Waals surface area (Å²) in [7, 11) is 0. The first-order valence-corrected chi connectivity index (χ1v) is 5.49. The van der Waals surface area contributed by atoms with Gasteiger partial charge in [0, 0.05) is 6.54 Å². The van der Waals surface area contributed by atoms with E-state index in [1.54, 1.807) is 12.1 Å². The van der Waals surface area contributed by atoms with E-state index in [9.17, 15) is 9.50 Å². The summed E-state index contributed by atoms with van der Waals surface area (Å²) in [6.07, 6.45) is 4.33. The van der Waals surface area contributed by atoms with Crippen LogP contribution >= 0.6 is 0 Å². The molecular formula is C13H18FNO. The van der Waals surface area contributed by atoms with Crippen molar-refractivity contribution in [3.63, 3.8) is 0 Å². The third kappa shape index (κ3) is 4.55. The van der Waals surface area contributed by atoms with Crippen molar-refractivity contribution in [3.05, 3.63) is 47.8 Å². The Bertz CT molecular complexity index is 338. The molecule has 2 N–H and O–H groups in total. The van der Waals surface area contributed by atoms with E-state index in [0.29, 0.717) is 12.1 Å². The van der Waals surface area contributed by atoms with Gasteiger partial charge in [-0.1, -0.05) is 24.3 Å². The van der Waals surface area contributed by atoms with Crippen molar-refractivity contribution >= 4 is 0 Å². The maximum absolute atomic E-state index is 12.9. The van der Waals surface area contributed by atoms with Gasteiger partial charge in [-0.2, -0.15) is 0 Å². The Morgan fingerprint density at radius 1 is 1.50 bits per heavy atom. The molecule has 0 amide bonds. The van der Waals surface area contributed by atoms with Crippen LogP contribution < -0.4 is 5.32 Å². The van der Waals surface area contributed by atoms with Crippen LogP contribution in [0.4, 0.5) is 4.39 Å². The molecule has 16 heavy (non-hydrogen) atoms. The molecule has 2 nitrogen and oxygen atoms in total. The van der Waals surface area contributed by atoms with Gasteiger partial charge in [0.05, 0.1) is 6.10 Å². The Balaban J connectivity index is 2.32. The predicted octanol–water partition coefficient (Wildman–Crippen LogP) is 2.41. The Morgan fingerprint density at radius 3 is 3.00 bits per heavy atom. The van der Waals surface area contributed by atoms with Gasteiger partial charge >= 0.3 is 0 Å². The van der Waals surface area contributed by atoms with Gasteiger partial charge in [0.2, 0.25) is 0 Å². The predicted molar refractivity (Wildman–Crippen MR) is 63.7 cm³/mol. The van der Waals surface area contributed by atoms with Crippen LogP contribution in [0, 0.1) is 5.82 Å². The van der Waals surface area contributed by atoms with Gasteiger partial charge in [0.15, 0.2) is 0 Å². The highest BCUT2D eigenvalue weighted by atomic mass is 19.1. The van der Waals surface area contributed by atoms with Crippen LogP contribution in [0.25, 0.3) is 0 Å².